The van der Waals surface area contributed by atoms with E-state index in [-0.39, 0.29) is 0 Å². The van der Waals surface area contributed by atoms with Gasteiger partial charge in [0.15, 0.2) is 0 Å². The first-order chi connectivity index (χ1) is 10.0. The van der Waals surface area contributed by atoms with Crippen molar-refractivity contribution < 1.29 is 0 Å². The van der Waals surface area contributed by atoms with E-state index in [1.165, 1.54) is 5.56 Å². The van der Waals surface area contributed by atoms with Crippen molar-refractivity contribution in [2.45, 2.75) is 26.8 Å². The van der Waals surface area contributed by atoms with Gasteiger partial charge in [-0.15, -0.1) is 0 Å². The van der Waals surface area contributed by atoms with Gasteiger partial charge in [-0.25, -0.2) is 0 Å². The van der Waals surface area contributed by atoms with E-state index in [0.29, 0.717) is 12.0 Å². The summed E-state index contributed by atoms with van der Waals surface area (Å²) >= 11 is 0. The zero-order chi connectivity index (χ0) is 15.7. The summed E-state index contributed by atoms with van der Waals surface area (Å²) in [6.07, 6.45) is 0. The molecule has 0 radical (unpaired) electrons. The van der Waals surface area contributed by atoms with Gasteiger partial charge in [0.1, 0.15) is 0 Å². The molecule has 0 saturated heterocycles. The summed E-state index contributed by atoms with van der Waals surface area (Å²) < 4.78 is 0. The Balaban J connectivity index is 2.70. The molecule has 0 saturated carbocycles. The Bertz CT molecular complexity index is 362. The van der Waals surface area contributed by atoms with Gasteiger partial charge in [-0.05, 0) is 32.1 Å². The zero-order valence-electron chi connectivity index (χ0n) is 14.5. The lowest BCUT2D eigenvalue weighted by molar-refractivity contribution is 0.199. The molecule has 0 aromatic heterocycles. The standard InChI is InChI=1S/C18H33N3/c1-6-19-18(17-10-8-7-9-11-17)15-21(14-16(2)3)13-12-20(4)5/h7-11,16,18-19H,6,12-15H2,1-5H3. The molecular weight excluding hydrogens is 258 g/mol. The Morgan fingerprint density at radius 3 is 2.19 bits per heavy atom. The molecule has 0 aliphatic heterocycles. The highest BCUT2D eigenvalue weighted by Crippen LogP contribution is 2.15. The van der Waals surface area contributed by atoms with Gasteiger partial charge in [0, 0.05) is 32.2 Å². The van der Waals surface area contributed by atoms with E-state index in [0.717, 1.165) is 32.7 Å². The van der Waals surface area contributed by atoms with Gasteiger partial charge in [0.25, 0.3) is 0 Å². The number of hydrogen-bond donors (Lipinski definition) is 1. The highest BCUT2D eigenvalue weighted by atomic mass is 15.2. The van der Waals surface area contributed by atoms with Crippen LogP contribution in [0.3, 0.4) is 0 Å². The highest BCUT2D eigenvalue weighted by molar-refractivity contribution is 5.19. The summed E-state index contributed by atoms with van der Waals surface area (Å²) in [5.74, 6) is 0.699. The second kappa shape index (κ2) is 9.93. The Kier molecular flexibility index (Phi) is 8.58. The van der Waals surface area contributed by atoms with Gasteiger partial charge >= 0.3 is 0 Å². The number of nitrogens with one attached hydrogen (secondary N) is 1. The normalized spacial score (nSPS) is 13.3. The van der Waals surface area contributed by atoms with Gasteiger partial charge in [0.05, 0.1) is 0 Å². The highest BCUT2D eigenvalue weighted by Gasteiger charge is 2.16. The second-order valence-electron chi connectivity index (χ2n) is 6.48. The van der Waals surface area contributed by atoms with E-state index in [2.05, 4.69) is 80.3 Å². The first-order valence-electron chi connectivity index (χ1n) is 8.18. The smallest absolute Gasteiger partial charge is 0.0449 e. The maximum atomic E-state index is 3.63. The summed E-state index contributed by atoms with van der Waals surface area (Å²) in [5.41, 5.74) is 1.39. The van der Waals surface area contributed by atoms with Crippen molar-refractivity contribution in [3.05, 3.63) is 35.9 Å². The SMILES string of the molecule is CCNC(CN(CCN(C)C)CC(C)C)c1ccccc1. The fourth-order valence-electron chi connectivity index (χ4n) is 2.59. The molecule has 1 atom stereocenters. The van der Waals surface area contributed by atoms with E-state index in [4.69, 9.17) is 0 Å². The number of rotatable bonds is 10. The van der Waals surface area contributed by atoms with Crippen LogP contribution in [-0.2, 0) is 0 Å². The fraction of sp³-hybridized carbons (Fsp3) is 0.667. The molecule has 1 aromatic carbocycles. The lowest BCUT2D eigenvalue weighted by atomic mass is 10.1. The first kappa shape index (κ1) is 18.1. The van der Waals surface area contributed by atoms with Crippen molar-refractivity contribution >= 4 is 0 Å². The molecule has 1 unspecified atom stereocenters. The van der Waals surface area contributed by atoms with Crippen molar-refractivity contribution in [3.63, 3.8) is 0 Å². The monoisotopic (exact) mass is 291 g/mol. The fourth-order valence-corrected chi connectivity index (χ4v) is 2.59. The van der Waals surface area contributed by atoms with Crippen LogP contribution in [-0.4, -0.2) is 56.6 Å². The van der Waals surface area contributed by atoms with E-state index >= 15 is 0 Å². The van der Waals surface area contributed by atoms with Crippen molar-refractivity contribution in [3.8, 4) is 0 Å². The molecule has 0 bridgehead atoms. The van der Waals surface area contributed by atoms with Crippen LogP contribution in [0.25, 0.3) is 0 Å². The molecule has 0 aliphatic carbocycles. The molecule has 0 fully saturated rings. The number of benzene rings is 1. The second-order valence-corrected chi connectivity index (χ2v) is 6.48. The molecule has 0 amide bonds. The van der Waals surface area contributed by atoms with E-state index < -0.39 is 0 Å². The summed E-state index contributed by atoms with van der Waals surface area (Å²) in [5, 5.41) is 3.63. The lowest BCUT2D eigenvalue weighted by Gasteiger charge is -2.30. The van der Waals surface area contributed by atoms with E-state index in [1.807, 2.05) is 0 Å². The molecule has 3 heteroatoms. The topological polar surface area (TPSA) is 18.5 Å². The predicted molar refractivity (Wildman–Crippen MR) is 92.7 cm³/mol. The summed E-state index contributed by atoms with van der Waals surface area (Å²) in [7, 11) is 4.29. The molecule has 0 spiro atoms. The van der Waals surface area contributed by atoms with Crippen LogP contribution in [0, 0.1) is 5.92 Å². The van der Waals surface area contributed by atoms with Crippen molar-refractivity contribution in [1.29, 1.82) is 0 Å². The molecule has 0 heterocycles. The summed E-state index contributed by atoms with van der Waals surface area (Å²) in [4.78, 5) is 4.85. The van der Waals surface area contributed by atoms with Gasteiger partial charge < -0.3 is 10.2 Å². The molecule has 1 aromatic rings. The van der Waals surface area contributed by atoms with Crippen LogP contribution in [0.4, 0.5) is 0 Å². The van der Waals surface area contributed by atoms with Crippen LogP contribution in [0.1, 0.15) is 32.4 Å². The number of nitrogens with zero attached hydrogens (tertiary/aromatic N) is 2. The van der Waals surface area contributed by atoms with E-state index in [9.17, 15) is 0 Å². The largest absolute Gasteiger partial charge is 0.309 e. The van der Waals surface area contributed by atoms with Crippen molar-refractivity contribution in [2.24, 2.45) is 5.92 Å². The third kappa shape index (κ3) is 7.60. The molecule has 0 aliphatic rings. The summed E-state index contributed by atoms with van der Waals surface area (Å²) in [6, 6.07) is 11.2. The maximum absolute atomic E-state index is 3.63. The molecule has 1 N–H and O–H groups in total. The molecule has 3 nitrogen and oxygen atoms in total. The molecule has 1 rings (SSSR count). The van der Waals surface area contributed by atoms with Gasteiger partial charge in [0.2, 0.25) is 0 Å². The number of likely N-dealkylation sites (N-methyl/N-ethyl adjacent to an activating group) is 2. The Labute approximate surface area is 131 Å². The zero-order valence-corrected chi connectivity index (χ0v) is 14.5. The van der Waals surface area contributed by atoms with Crippen LogP contribution in [0.2, 0.25) is 0 Å². The minimum Gasteiger partial charge on any atom is -0.309 e. The van der Waals surface area contributed by atoms with Gasteiger partial charge in [-0.1, -0.05) is 51.1 Å². The van der Waals surface area contributed by atoms with Crippen LogP contribution < -0.4 is 5.32 Å². The molecular formula is C18H33N3. The Hall–Kier alpha value is -0.900. The lowest BCUT2D eigenvalue weighted by Crippen LogP contribution is -2.40. The van der Waals surface area contributed by atoms with Crippen LogP contribution in [0.5, 0.6) is 0 Å². The Morgan fingerprint density at radius 1 is 1.00 bits per heavy atom. The Morgan fingerprint density at radius 2 is 1.67 bits per heavy atom. The molecule has 120 valence electrons. The third-order valence-corrected chi connectivity index (χ3v) is 3.58. The van der Waals surface area contributed by atoms with Gasteiger partial charge in [-0.2, -0.15) is 0 Å². The third-order valence-electron chi connectivity index (χ3n) is 3.58. The predicted octanol–water partition coefficient (Wildman–Crippen LogP) is 2.86. The minimum absolute atomic E-state index is 0.414. The average molecular weight is 291 g/mol. The van der Waals surface area contributed by atoms with E-state index in [1.54, 1.807) is 0 Å². The molecule has 21 heavy (non-hydrogen) atoms. The summed E-state index contributed by atoms with van der Waals surface area (Å²) in [6.45, 7) is 12.2. The van der Waals surface area contributed by atoms with Crippen molar-refractivity contribution in [1.82, 2.24) is 15.1 Å². The first-order valence-corrected chi connectivity index (χ1v) is 8.18. The van der Waals surface area contributed by atoms with Crippen LogP contribution >= 0.6 is 0 Å². The minimum atomic E-state index is 0.414. The number of hydrogen-bond acceptors (Lipinski definition) is 3. The van der Waals surface area contributed by atoms with Gasteiger partial charge in [-0.3, -0.25) is 4.90 Å². The quantitative estimate of drug-likeness (QED) is 0.715. The average Bonchev–Trinajstić information content (AvgIpc) is 2.44. The van der Waals surface area contributed by atoms with Crippen molar-refractivity contribution in [2.75, 3.05) is 46.8 Å². The maximum Gasteiger partial charge on any atom is 0.0449 e. The van der Waals surface area contributed by atoms with Crippen LogP contribution in [0.15, 0.2) is 30.3 Å².